The van der Waals surface area contributed by atoms with Crippen LogP contribution in [0.5, 0.6) is 0 Å². The molecule has 1 aliphatic rings. The summed E-state index contributed by atoms with van der Waals surface area (Å²) in [4.78, 5) is 23.7. The Morgan fingerprint density at radius 1 is 0.683 bits per heavy atom. The van der Waals surface area contributed by atoms with Crippen molar-refractivity contribution in [2.45, 2.75) is 32.3 Å². The molecule has 0 bridgehead atoms. The quantitative estimate of drug-likeness (QED) is 0.197. The highest BCUT2D eigenvalue weighted by atomic mass is 16.6. The highest BCUT2D eigenvalue weighted by Crippen LogP contribution is 2.44. The second-order valence-electron chi connectivity index (χ2n) is 10.3. The van der Waals surface area contributed by atoms with Crippen molar-refractivity contribution >= 4 is 12.1 Å². The van der Waals surface area contributed by atoms with Gasteiger partial charge in [-0.15, -0.1) is 0 Å². The van der Waals surface area contributed by atoms with Crippen molar-refractivity contribution in [2.75, 3.05) is 79.2 Å². The average molecular weight is 574 g/mol. The molecule has 0 atom stereocenters. The number of hydrogen-bond donors (Lipinski definition) is 1. The Morgan fingerprint density at radius 3 is 1.66 bits per heavy atom. The van der Waals surface area contributed by atoms with E-state index in [1.165, 1.54) is 22.3 Å². The maximum absolute atomic E-state index is 12.2. The molecule has 41 heavy (non-hydrogen) atoms. The Hall–Kier alpha value is -3.02. The van der Waals surface area contributed by atoms with Gasteiger partial charge in [-0.3, -0.25) is 0 Å². The van der Waals surface area contributed by atoms with E-state index < -0.39 is 17.7 Å². The third kappa shape index (κ3) is 12.2. The van der Waals surface area contributed by atoms with Crippen molar-refractivity contribution in [2.24, 2.45) is 0 Å². The van der Waals surface area contributed by atoms with E-state index in [-0.39, 0.29) is 19.1 Å². The standard InChI is InChI=1S/C31H43NO9/c1-31(2,3)41-29(33)23-39-21-20-38-19-18-37-17-16-36-15-14-35-13-12-32-30(34)40-22-28-26-10-6-4-8-24(26)25-9-5-7-11-27(25)28/h4-11,28H,12-23H2,1-3H3,(H,32,34). The van der Waals surface area contributed by atoms with Crippen LogP contribution in [0.1, 0.15) is 37.8 Å². The number of nitrogens with one attached hydrogen (secondary N) is 1. The van der Waals surface area contributed by atoms with Crippen LogP contribution in [0.25, 0.3) is 11.1 Å². The van der Waals surface area contributed by atoms with Crippen LogP contribution in [0, 0.1) is 0 Å². The van der Waals surface area contributed by atoms with Crippen molar-refractivity contribution in [3.8, 4) is 11.1 Å². The fraction of sp³-hybridized carbons (Fsp3) is 0.548. The first kappa shape index (κ1) is 32.5. The van der Waals surface area contributed by atoms with Crippen molar-refractivity contribution < 1.29 is 42.7 Å². The predicted molar refractivity (Wildman–Crippen MR) is 153 cm³/mol. The van der Waals surface area contributed by atoms with E-state index in [0.717, 1.165) is 0 Å². The van der Waals surface area contributed by atoms with Crippen LogP contribution in [0.4, 0.5) is 4.79 Å². The summed E-state index contributed by atoms with van der Waals surface area (Å²) in [5.74, 6) is -0.355. The molecule has 0 spiro atoms. The summed E-state index contributed by atoms with van der Waals surface area (Å²) in [5.41, 5.74) is 4.25. The summed E-state index contributed by atoms with van der Waals surface area (Å²) in [7, 11) is 0. The van der Waals surface area contributed by atoms with Gasteiger partial charge in [0.1, 0.15) is 18.8 Å². The highest BCUT2D eigenvalue weighted by molar-refractivity contribution is 5.79. The molecule has 0 aromatic heterocycles. The number of alkyl carbamates (subject to hydrolysis) is 1. The molecule has 0 radical (unpaired) electrons. The Morgan fingerprint density at radius 2 is 1.15 bits per heavy atom. The van der Waals surface area contributed by atoms with Crippen molar-refractivity contribution in [3.63, 3.8) is 0 Å². The maximum Gasteiger partial charge on any atom is 0.407 e. The molecule has 10 heteroatoms. The minimum Gasteiger partial charge on any atom is -0.458 e. The smallest absolute Gasteiger partial charge is 0.407 e. The Bertz CT molecular complexity index is 1020. The van der Waals surface area contributed by atoms with Crippen molar-refractivity contribution in [3.05, 3.63) is 59.7 Å². The van der Waals surface area contributed by atoms with E-state index in [0.29, 0.717) is 66.0 Å². The lowest BCUT2D eigenvalue weighted by atomic mass is 9.98. The number of rotatable bonds is 19. The molecule has 1 amide bonds. The van der Waals surface area contributed by atoms with Gasteiger partial charge in [0.25, 0.3) is 0 Å². The summed E-state index contributed by atoms with van der Waals surface area (Å²) < 4.78 is 37.6. The lowest BCUT2D eigenvalue weighted by Crippen LogP contribution is -2.29. The molecule has 0 unspecified atom stereocenters. The number of benzene rings is 2. The van der Waals surface area contributed by atoms with Crippen LogP contribution < -0.4 is 5.32 Å². The van der Waals surface area contributed by atoms with Crippen LogP contribution in [-0.4, -0.2) is 96.9 Å². The second kappa shape index (κ2) is 17.7. The largest absolute Gasteiger partial charge is 0.458 e. The van der Waals surface area contributed by atoms with E-state index >= 15 is 0 Å². The SMILES string of the molecule is CC(C)(C)OC(=O)COCCOCCOCCOCCOCCNC(=O)OCC1c2ccccc2-c2ccccc21. The zero-order valence-corrected chi connectivity index (χ0v) is 24.4. The average Bonchev–Trinajstić information content (AvgIpc) is 3.26. The van der Waals surface area contributed by atoms with Gasteiger partial charge in [0.15, 0.2) is 0 Å². The summed E-state index contributed by atoms with van der Waals surface area (Å²) >= 11 is 0. The first-order chi connectivity index (χ1) is 19.8. The highest BCUT2D eigenvalue weighted by Gasteiger charge is 2.28. The molecule has 0 heterocycles. The van der Waals surface area contributed by atoms with E-state index in [4.69, 9.17) is 33.2 Å². The lowest BCUT2D eigenvalue weighted by molar-refractivity contribution is -0.160. The molecular weight excluding hydrogens is 530 g/mol. The molecular formula is C31H43NO9. The topological polar surface area (TPSA) is 111 Å². The minimum absolute atomic E-state index is 0.0369. The first-order valence-corrected chi connectivity index (χ1v) is 14.0. The van der Waals surface area contributed by atoms with Gasteiger partial charge in [0, 0.05) is 12.5 Å². The van der Waals surface area contributed by atoms with Gasteiger partial charge < -0.3 is 38.5 Å². The van der Waals surface area contributed by atoms with Crippen LogP contribution in [0.2, 0.25) is 0 Å². The summed E-state index contributed by atoms with van der Waals surface area (Å²) in [6.45, 7) is 9.62. The van der Waals surface area contributed by atoms with Gasteiger partial charge >= 0.3 is 12.1 Å². The van der Waals surface area contributed by atoms with Crippen LogP contribution >= 0.6 is 0 Å². The molecule has 0 saturated heterocycles. The van der Waals surface area contributed by atoms with E-state index in [9.17, 15) is 9.59 Å². The minimum atomic E-state index is -0.516. The van der Waals surface area contributed by atoms with E-state index in [1.54, 1.807) is 0 Å². The van der Waals surface area contributed by atoms with Gasteiger partial charge in [0.05, 0.1) is 59.5 Å². The fourth-order valence-electron chi connectivity index (χ4n) is 4.28. The molecule has 1 N–H and O–H groups in total. The van der Waals surface area contributed by atoms with Gasteiger partial charge in [-0.1, -0.05) is 48.5 Å². The van der Waals surface area contributed by atoms with Gasteiger partial charge in [-0.2, -0.15) is 0 Å². The third-order valence-electron chi connectivity index (χ3n) is 5.99. The van der Waals surface area contributed by atoms with Gasteiger partial charge in [0.2, 0.25) is 0 Å². The molecule has 10 nitrogen and oxygen atoms in total. The fourth-order valence-corrected chi connectivity index (χ4v) is 4.28. The Labute approximate surface area is 242 Å². The van der Waals surface area contributed by atoms with E-state index in [1.807, 2.05) is 45.0 Å². The Kier molecular flexibility index (Phi) is 14.0. The van der Waals surface area contributed by atoms with Crippen LogP contribution in [0.15, 0.2) is 48.5 Å². The number of carbonyl (C=O) groups is 2. The lowest BCUT2D eigenvalue weighted by Gasteiger charge is -2.19. The number of hydrogen-bond acceptors (Lipinski definition) is 9. The number of amides is 1. The summed E-state index contributed by atoms with van der Waals surface area (Å²) in [5, 5.41) is 2.73. The maximum atomic E-state index is 12.2. The first-order valence-electron chi connectivity index (χ1n) is 14.0. The molecule has 0 saturated carbocycles. The zero-order chi connectivity index (χ0) is 29.3. The van der Waals surface area contributed by atoms with Gasteiger partial charge in [-0.25, -0.2) is 9.59 Å². The normalized spacial score (nSPS) is 12.6. The summed E-state index contributed by atoms with van der Waals surface area (Å²) in [6, 6.07) is 16.5. The van der Waals surface area contributed by atoms with Crippen molar-refractivity contribution in [1.29, 1.82) is 0 Å². The predicted octanol–water partition coefficient (Wildman–Crippen LogP) is 3.95. The molecule has 3 rings (SSSR count). The van der Waals surface area contributed by atoms with Crippen LogP contribution in [0.3, 0.4) is 0 Å². The number of ether oxygens (including phenoxy) is 7. The van der Waals surface area contributed by atoms with E-state index in [2.05, 4.69) is 29.6 Å². The van der Waals surface area contributed by atoms with Crippen molar-refractivity contribution in [1.82, 2.24) is 5.32 Å². The molecule has 2 aromatic carbocycles. The van der Waals surface area contributed by atoms with Crippen LogP contribution in [-0.2, 0) is 38.0 Å². The molecule has 0 aliphatic heterocycles. The molecule has 226 valence electrons. The molecule has 1 aliphatic carbocycles. The number of fused-ring (bicyclic) bond motifs is 3. The molecule has 2 aromatic rings. The summed E-state index contributed by atoms with van der Waals surface area (Å²) in [6.07, 6.45) is -0.457. The van der Waals surface area contributed by atoms with Gasteiger partial charge in [-0.05, 0) is 43.0 Å². The second-order valence-corrected chi connectivity index (χ2v) is 10.3. The zero-order valence-electron chi connectivity index (χ0n) is 24.4. The Balaban J connectivity index is 1.09. The number of carbonyl (C=O) groups excluding carboxylic acids is 2. The monoisotopic (exact) mass is 573 g/mol. The molecule has 0 fully saturated rings. The number of esters is 1. The third-order valence-corrected chi connectivity index (χ3v) is 5.99.